The fraction of sp³-hybridized carbons (Fsp3) is 0.444. The van der Waals surface area contributed by atoms with Crippen LogP contribution in [-0.4, -0.2) is 31.1 Å². The molecule has 1 fully saturated rings. The highest BCUT2D eigenvalue weighted by molar-refractivity contribution is 5.36. The van der Waals surface area contributed by atoms with Crippen molar-refractivity contribution in [2.75, 3.05) is 26.2 Å². The largest absolute Gasteiger partial charge is 0.467 e. The standard InChI is InChI=1S/C18H24N2O/c1-14-6-7-16(15(2)13-14)18(17-5-3-12-21-17)20-10-4-8-19-9-11-20/h3,5-7,12-13,18-19H,4,8-11H2,1-2H3. The molecular weight excluding hydrogens is 260 g/mol. The Labute approximate surface area is 127 Å². The van der Waals surface area contributed by atoms with Gasteiger partial charge < -0.3 is 9.73 Å². The summed E-state index contributed by atoms with van der Waals surface area (Å²) in [6.07, 6.45) is 2.96. The van der Waals surface area contributed by atoms with Gasteiger partial charge in [-0.15, -0.1) is 0 Å². The number of furan rings is 1. The average Bonchev–Trinajstić information content (AvgIpc) is 2.85. The minimum absolute atomic E-state index is 0.223. The lowest BCUT2D eigenvalue weighted by Crippen LogP contribution is -2.33. The molecule has 2 aromatic rings. The molecule has 0 amide bonds. The molecule has 2 heterocycles. The third kappa shape index (κ3) is 3.20. The normalized spacial score (nSPS) is 18.4. The second kappa shape index (κ2) is 6.46. The molecule has 1 aliphatic rings. The molecule has 1 aromatic heterocycles. The first-order valence-corrected chi connectivity index (χ1v) is 7.81. The number of nitrogens with zero attached hydrogens (tertiary/aromatic N) is 1. The first kappa shape index (κ1) is 14.4. The van der Waals surface area contributed by atoms with E-state index in [0.717, 1.165) is 31.9 Å². The molecule has 0 spiro atoms. The van der Waals surface area contributed by atoms with Crippen molar-refractivity contribution in [1.29, 1.82) is 0 Å². The molecule has 1 atom stereocenters. The van der Waals surface area contributed by atoms with E-state index in [9.17, 15) is 0 Å². The van der Waals surface area contributed by atoms with E-state index in [4.69, 9.17) is 4.42 Å². The molecular formula is C18H24N2O. The molecule has 1 unspecified atom stereocenters. The Morgan fingerprint density at radius 3 is 2.81 bits per heavy atom. The van der Waals surface area contributed by atoms with Crippen LogP contribution in [0.15, 0.2) is 41.0 Å². The van der Waals surface area contributed by atoms with Gasteiger partial charge in [0, 0.05) is 19.6 Å². The lowest BCUT2D eigenvalue weighted by Gasteiger charge is -2.30. The number of hydrogen-bond acceptors (Lipinski definition) is 3. The van der Waals surface area contributed by atoms with Crippen LogP contribution in [0.5, 0.6) is 0 Å². The second-order valence-corrected chi connectivity index (χ2v) is 5.92. The van der Waals surface area contributed by atoms with Crippen molar-refractivity contribution in [3.63, 3.8) is 0 Å². The fourth-order valence-corrected chi connectivity index (χ4v) is 3.23. The minimum Gasteiger partial charge on any atom is -0.467 e. The van der Waals surface area contributed by atoms with Crippen molar-refractivity contribution < 1.29 is 4.42 Å². The molecule has 21 heavy (non-hydrogen) atoms. The molecule has 1 aliphatic heterocycles. The van der Waals surface area contributed by atoms with Crippen LogP contribution in [-0.2, 0) is 0 Å². The Balaban J connectivity index is 1.99. The van der Waals surface area contributed by atoms with Crippen molar-refractivity contribution in [3.8, 4) is 0 Å². The van der Waals surface area contributed by atoms with E-state index in [1.165, 1.54) is 23.1 Å². The van der Waals surface area contributed by atoms with E-state index in [1.54, 1.807) is 6.26 Å². The highest BCUT2D eigenvalue weighted by Crippen LogP contribution is 2.31. The predicted octanol–water partition coefficient (Wildman–Crippen LogP) is 3.28. The van der Waals surface area contributed by atoms with Crippen LogP contribution in [0.1, 0.15) is 34.9 Å². The highest BCUT2D eigenvalue weighted by Gasteiger charge is 2.26. The summed E-state index contributed by atoms with van der Waals surface area (Å²) in [5.74, 6) is 1.05. The first-order valence-electron chi connectivity index (χ1n) is 7.81. The van der Waals surface area contributed by atoms with Gasteiger partial charge in [0.1, 0.15) is 5.76 Å². The Morgan fingerprint density at radius 2 is 2.05 bits per heavy atom. The number of nitrogens with one attached hydrogen (secondary N) is 1. The highest BCUT2D eigenvalue weighted by atomic mass is 16.3. The topological polar surface area (TPSA) is 28.4 Å². The molecule has 0 radical (unpaired) electrons. The van der Waals surface area contributed by atoms with Gasteiger partial charge in [0.25, 0.3) is 0 Å². The van der Waals surface area contributed by atoms with Crippen LogP contribution in [0.25, 0.3) is 0 Å². The van der Waals surface area contributed by atoms with Crippen molar-refractivity contribution in [2.24, 2.45) is 0 Å². The molecule has 1 N–H and O–H groups in total. The summed E-state index contributed by atoms with van der Waals surface area (Å²) in [7, 11) is 0. The van der Waals surface area contributed by atoms with Gasteiger partial charge >= 0.3 is 0 Å². The molecule has 1 saturated heterocycles. The molecule has 1 aromatic carbocycles. The Kier molecular flexibility index (Phi) is 4.42. The first-order chi connectivity index (χ1) is 10.3. The molecule has 112 valence electrons. The number of hydrogen-bond donors (Lipinski definition) is 1. The third-order valence-corrected chi connectivity index (χ3v) is 4.27. The number of aryl methyl sites for hydroxylation is 2. The maximum absolute atomic E-state index is 5.77. The smallest absolute Gasteiger partial charge is 0.125 e. The maximum Gasteiger partial charge on any atom is 0.125 e. The van der Waals surface area contributed by atoms with E-state index in [-0.39, 0.29) is 6.04 Å². The quantitative estimate of drug-likeness (QED) is 0.937. The van der Waals surface area contributed by atoms with Gasteiger partial charge in [-0.1, -0.05) is 23.8 Å². The lowest BCUT2D eigenvalue weighted by molar-refractivity contribution is 0.215. The SMILES string of the molecule is Cc1ccc(C(c2ccco2)N2CCCNCC2)c(C)c1. The number of rotatable bonds is 3. The zero-order valence-corrected chi connectivity index (χ0v) is 12.9. The third-order valence-electron chi connectivity index (χ3n) is 4.27. The predicted molar refractivity (Wildman–Crippen MR) is 85.5 cm³/mol. The fourth-order valence-electron chi connectivity index (χ4n) is 3.23. The van der Waals surface area contributed by atoms with E-state index >= 15 is 0 Å². The van der Waals surface area contributed by atoms with Crippen LogP contribution in [0.3, 0.4) is 0 Å². The van der Waals surface area contributed by atoms with Crippen molar-refractivity contribution in [1.82, 2.24) is 10.2 Å². The zero-order valence-electron chi connectivity index (χ0n) is 12.9. The minimum atomic E-state index is 0.223. The molecule has 0 saturated carbocycles. The van der Waals surface area contributed by atoms with Gasteiger partial charge in [0.15, 0.2) is 0 Å². The van der Waals surface area contributed by atoms with Gasteiger partial charge in [-0.3, -0.25) is 4.90 Å². The van der Waals surface area contributed by atoms with Crippen LogP contribution in [0, 0.1) is 13.8 Å². The van der Waals surface area contributed by atoms with E-state index in [0.29, 0.717) is 0 Å². The summed E-state index contributed by atoms with van der Waals surface area (Å²) in [6.45, 7) is 8.66. The van der Waals surface area contributed by atoms with Crippen molar-refractivity contribution in [2.45, 2.75) is 26.3 Å². The molecule has 3 nitrogen and oxygen atoms in total. The molecule has 0 bridgehead atoms. The maximum atomic E-state index is 5.77. The Bertz CT molecular complexity index is 569. The monoisotopic (exact) mass is 284 g/mol. The Hall–Kier alpha value is -1.58. The average molecular weight is 284 g/mol. The van der Waals surface area contributed by atoms with Crippen LogP contribution in [0.4, 0.5) is 0 Å². The van der Waals surface area contributed by atoms with Gasteiger partial charge in [-0.25, -0.2) is 0 Å². The number of benzene rings is 1. The van der Waals surface area contributed by atoms with Gasteiger partial charge in [0.2, 0.25) is 0 Å². The van der Waals surface area contributed by atoms with Gasteiger partial charge in [-0.05, 0) is 50.1 Å². The van der Waals surface area contributed by atoms with E-state index in [1.807, 2.05) is 6.07 Å². The summed E-state index contributed by atoms with van der Waals surface area (Å²) >= 11 is 0. The second-order valence-electron chi connectivity index (χ2n) is 5.92. The van der Waals surface area contributed by atoms with Crippen LogP contribution < -0.4 is 5.32 Å². The summed E-state index contributed by atoms with van der Waals surface area (Å²) in [6, 6.07) is 11.0. The van der Waals surface area contributed by atoms with Crippen molar-refractivity contribution in [3.05, 3.63) is 59.0 Å². The van der Waals surface area contributed by atoms with Crippen molar-refractivity contribution >= 4 is 0 Å². The molecule has 3 heteroatoms. The van der Waals surface area contributed by atoms with Gasteiger partial charge in [0.05, 0.1) is 12.3 Å². The molecule has 0 aliphatic carbocycles. The lowest BCUT2D eigenvalue weighted by atomic mass is 9.96. The summed E-state index contributed by atoms with van der Waals surface area (Å²) in [4.78, 5) is 2.54. The summed E-state index contributed by atoms with van der Waals surface area (Å²) < 4.78 is 5.77. The van der Waals surface area contributed by atoms with E-state index < -0.39 is 0 Å². The Morgan fingerprint density at radius 1 is 1.14 bits per heavy atom. The van der Waals surface area contributed by atoms with Crippen LogP contribution in [0.2, 0.25) is 0 Å². The summed E-state index contributed by atoms with van der Waals surface area (Å²) in [5.41, 5.74) is 4.01. The van der Waals surface area contributed by atoms with Crippen LogP contribution >= 0.6 is 0 Å². The van der Waals surface area contributed by atoms with Gasteiger partial charge in [-0.2, -0.15) is 0 Å². The van der Waals surface area contributed by atoms with E-state index in [2.05, 4.69) is 48.3 Å². The zero-order chi connectivity index (χ0) is 14.7. The summed E-state index contributed by atoms with van der Waals surface area (Å²) in [5, 5.41) is 3.48. The molecule has 3 rings (SSSR count).